The molecule has 1 heterocycles. The lowest BCUT2D eigenvalue weighted by molar-refractivity contribution is -0.384. The third-order valence-corrected chi connectivity index (χ3v) is 3.52. The number of hydrogen-bond donors (Lipinski definition) is 0. The maximum Gasteiger partial charge on any atom is 0.269 e. The SMILES string of the molecule is Cn1c(=O)c(-c2ccc([N+](=O)[O-])cc2)cc2ccccc21. The van der Waals surface area contributed by atoms with Crippen LogP contribution in [0, 0.1) is 10.1 Å². The first-order valence-corrected chi connectivity index (χ1v) is 6.41. The van der Waals surface area contributed by atoms with E-state index in [0.717, 1.165) is 10.9 Å². The van der Waals surface area contributed by atoms with Crippen molar-refractivity contribution < 1.29 is 4.92 Å². The summed E-state index contributed by atoms with van der Waals surface area (Å²) in [5, 5.41) is 11.6. The highest BCUT2D eigenvalue weighted by atomic mass is 16.6. The van der Waals surface area contributed by atoms with Crippen molar-refractivity contribution in [2.24, 2.45) is 7.05 Å². The van der Waals surface area contributed by atoms with Gasteiger partial charge in [0.15, 0.2) is 0 Å². The van der Waals surface area contributed by atoms with Crippen molar-refractivity contribution in [1.29, 1.82) is 0 Å². The normalized spacial score (nSPS) is 10.7. The summed E-state index contributed by atoms with van der Waals surface area (Å²) >= 11 is 0. The molecule has 3 rings (SSSR count). The van der Waals surface area contributed by atoms with Crippen LogP contribution in [0.15, 0.2) is 59.4 Å². The standard InChI is InChI=1S/C16H12N2O3/c1-17-15-5-3-2-4-12(15)10-14(16(17)19)11-6-8-13(9-7-11)18(20)21/h2-10H,1H3. The number of nitro groups is 1. The Labute approximate surface area is 120 Å². The first-order valence-electron chi connectivity index (χ1n) is 6.41. The molecule has 0 bridgehead atoms. The molecule has 0 N–H and O–H groups in total. The first kappa shape index (κ1) is 13.1. The Morgan fingerprint density at radius 2 is 1.71 bits per heavy atom. The average molecular weight is 280 g/mol. The Bertz CT molecular complexity index is 896. The molecular formula is C16H12N2O3. The summed E-state index contributed by atoms with van der Waals surface area (Å²) in [6, 6.07) is 15.4. The Hall–Kier alpha value is -2.95. The number of rotatable bonds is 2. The summed E-state index contributed by atoms with van der Waals surface area (Å²) in [4.78, 5) is 22.7. The van der Waals surface area contributed by atoms with Gasteiger partial charge in [0.05, 0.1) is 10.4 Å². The molecule has 104 valence electrons. The number of non-ortho nitro benzene ring substituents is 1. The van der Waals surface area contributed by atoms with Crippen molar-refractivity contribution in [2.45, 2.75) is 0 Å². The fourth-order valence-electron chi connectivity index (χ4n) is 2.39. The highest BCUT2D eigenvalue weighted by molar-refractivity contribution is 5.84. The van der Waals surface area contributed by atoms with E-state index in [9.17, 15) is 14.9 Å². The van der Waals surface area contributed by atoms with Gasteiger partial charge >= 0.3 is 0 Å². The van der Waals surface area contributed by atoms with Gasteiger partial charge in [0.2, 0.25) is 0 Å². The number of aromatic nitrogens is 1. The average Bonchev–Trinajstić information content (AvgIpc) is 2.51. The minimum Gasteiger partial charge on any atom is -0.311 e. The van der Waals surface area contributed by atoms with Crippen molar-refractivity contribution in [1.82, 2.24) is 4.57 Å². The van der Waals surface area contributed by atoms with E-state index < -0.39 is 4.92 Å². The highest BCUT2D eigenvalue weighted by Gasteiger charge is 2.10. The zero-order chi connectivity index (χ0) is 15.0. The van der Waals surface area contributed by atoms with Crippen molar-refractivity contribution in [3.63, 3.8) is 0 Å². The fourth-order valence-corrected chi connectivity index (χ4v) is 2.39. The molecule has 0 aliphatic carbocycles. The minimum absolute atomic E-state index is 0.0105. The molecule has 5 nitrogen and oxygen atoms in total. The van der Waals surface area contributed by atoms with E-state index in [4.69, 9.17) is 0 Å². The van der Waals surface area contributed by atoms with Gasteiger partial charge in [-0.15, -0.1) is 0 Å². The summed E-state index contributed by atoms with van der Waals surface area (Å²) in [6.45, 7) is 0. The maximum absolute atomic E-state index is 12.4. The summed E-state index contributed by atoms with van der Waals surface area (Å²) in [7, 11) is 1.72. The zero-order valence-electron chi connectivity index (χ0n) is 11.3. The van der Waals surface area contributed by atoms with Crippen LogP contribution in [-0.4, -0.2) is 9.49 Å². The number of para-hydroxylation sites is 1. The predicted octanol–water partition coefficient (Wildman–Crippen LogP) is 3.11. The molecule has 0 amide bonds. The summed E-state index contributed by atoms with van der Waals surface area (Å²) in [6.07, 6.45) is 0. The van der Waals surface area contributed by atoms with E-state index in [0.29, 0.717) is 11.1 Å². The lowest BCUT2D eigenvalue weighted by Crippen LogP contribution is -2.18. The van der Waals surface area contributed by atoms with Gasteiger partial charge in [-0.3, -0.25) is 14.9 Å². The molecule has 0 spiro atoms. The number of benzene rings is 2. The molecule has 2 aromatic carbocycles. The van der Waals surface area contributed by atoms with Gasteiger partial charge in [-0.1, -0.05) is 18.2 Å². The van der Waals surface area contributed by atoms with Gasteiger partial charge < -0.3 is 4.57 Å². The second-order valence-electron chi connectivity index (χ2n) is 4.78. The van der Waals surface area contributed by atoms with Crippen LogP contribution in [0.5, 0.6) is 0 Å². The van der Waals surface area contributed by atoms with Crippen LogP contribution in [0.4, 0.5) is 5.69 Å². The number of nitrogens with zero attached hydrogens (tertiary/aromatic N) is 2. The first-order chi connectivity index (χ1) is 10.1. The molecule has 1 aromatic heterocycles. The molecule has 0 saturated carbocycles. The molecule has 21 heavy (non-hydrogen) atoms. The third-order valence-electron chi connectivity index (χ3n) is 3.52. The maximum atomic E-state index is 12.4. The molecule has 0 radical (unpaired) electrons. The van der Waals surface area contributed by atoms with Crippen LogP contribution in [0.1, 0.15) is 0 Å². The van der Waals surface area contributed by atoms with E-state index in [1.54, 1.807) is 23.7 Å². The largest absolute Gasteiger partial charge is 0.311 e. The molecular weight excluding hydrogens is 268 g/mol. The Balaban J connectivity index is 2.22. The number of pyridine rings is 1. The summed E-state index contributed by atoms with van der Waals surface area (Å²) < 4.78 is 1.59. The van der Waals surface area contributed by atoms with Gasteiger partial charge in [0, 0.05) is 24.7 Å². The number of hydrogen-bond acceptors (Lipinski definition) is 3. The van der Waals surface area contributed by atoms with Crippen LogP contribution in [0.25, 0.3) is 22.0 Å². The molecule has 3 aromatic rings. The van der Waals surface area contributed by atoms with Crippen molar-refractivity contribution in [2.75, 3.05) is 0 Å². The lowest BCUT2D eigenvalue weighted by Gasteiger charge is -2.08. The predicted molar refractivity (Wildman–Crippen MR) is 81.3 cm³/mol. The van der Waals surface area contributed by atoms with Crippen LogP contribution in [0.2, 0.25) is 0 Å². The van der Waals surface area contributed by atoms with E-state index >= 15 is 0 Å². The minimum atomic E-state index is -0.456. The topological polar surface area (TPSA) is 65.1 Å². The van der Waals surface area contributed by atoms with Gasteiger partial charge in [0.25, 0.3) is 11.2 Å². The second-order valence-corrected chi connectivity index (χ2v) is 4.78. The van der Waals surface area contributed by atoms with Crippen molar-refractivity contribution in [3.8, 4) is 11.1 Å². The lowest BCUT2D eigenvalue weighted by atomic mass is 10.0. The Morgan fingerprint density at radius 3 is 2.38 bits per heavy atom. The van der Waals surface area contributed by atoms with E-state index in [1.165, 1.54) is 12.1 Å². The van der Waals surface area contributed by atoms with Crippen LogP contribution >= 0.6 is 0 Å². The smallest absolute Gasteiger partial charge is 0.269 e. The third kappa shape index (κ3) is 2.18. The van der Waals surface area contributed by atoms with Crippen molar-refractivity contribution in [3.05, 3.63) is 75.1 Å². The number of fused-ring (bicyclic) bond motifs is 1. The fraction of sp³-hybridized carbons (Fsp3) is 0.0625. The monoisotopic (exact) mass is 280 g/mol. The molecule has 0 atom stereocenters. The van der Waals surface area contributed by atoms with Crippen molar-refractivity contribution >= 4 is 16.6 Å². The summed E-state index contributed by atoms with van der Waals surface area (Å²) in [5.74, 6) is 0. The number of aryl methyl sites for hydroxylation is 1. The molecule has 0 aliphatic rings. The molecule has 0 fully saturated rings. The molecule has 0 saturated heterocycles. The van der Waals surface area contributed by atoms with E-state index in [-0.39, 0.29) is 11.2 Å². The van der Waals surface area contributed by atoms with Gasteiger partial charge in [-0.25, -0.2) is 0 Å². The Morgan fingerprint density at radius 1 is 1.05 bits per heavy atom. The highest BCUT2D eigenvalue weighted by Crippen LogP contribution is 2.22. The van der Waals surface area contributed by atoms with Crippen LogP contribution < -0.4 is 5.56 Å². The number of nitro benzene ring substituents is 1. The van der Waals surface area contributed by atoms with Gasteiger partial charge in [0.1, 0.15) is 0 Å². The van der Waals surface area contributed by atoms with E-state index in [1.807, 2.05) is 30.3 Å². The molecule has 0 unspecified atom stereocenters. The zero-order valence-corrected chi connectivity index (χ0v) is 11.3. The second kappa shape index (κ2) is 4.86. The molecule has 0 aliphatic heterocycles. The summed E-state index contributed by atoms with van der Waals surface area (Å²) in [5.41, 5.74) is 1.95. The van der Waals surface area contributed by atoms with E-state index in [2.05, 4.69) is 0 Å². The van der Waals surface area contributed by atoms with Crippen LogP contribution in [-0.2, 0) is 7.05 Å². The quantitative estimate of drug-likeness (QED) is 0.535. The van der Waals surface area contributed by atoms with Gasteiger partial charge in [-0.05, 0) is 35.2 Å². The van der Waals surface area contributed by atoms with Gasteiger partial charge in [-0.2, -0.15) is 0 Å². The Kier molecular flexibility index (Phi) is 3.02. The van der Waals surface area contributed by atoms with Crippen LogP contribution in [0.3, 0.4) is 0 Å². The molecule has 5 heteroatoms.